The molecule has 2 aliphatic rings. The van der Waals surface area contributed by atoms with Crippen molar-refractivity contribution >= 4 is 5.97 Å². The molecule has 0 saturated heterocycles. The van der Waals surface area contributed by atoms with E-state index in [0.29, 0.717) is 17.9 Å². The van der Waals surface area contributed by atoms with Crippen LogP contribution in [0.2, 0.25) is 0 Å². The Hall–Kier alpha value is -0.570. The molecule has 0 aromatic rings. The molecule has 0 aromatic heterocycles. The van der Waals surface area contributed by atoms with E-state index in [2.05, 4.69) is 5.32 Å². The van der Waals surface area contributed by atoms with E-state index in [4.69, 9.17) is 4.74 Å². The van der Waals surface area contributed by atoms with Crippen LogP contribution < -0.4 is 5.32 Å². The number of hydrogen-bond acceptors (Lipinski definition) is 3. The van der Waals surface area contributed by atoms with Gasteiger partial charge in [0.1, 0.15) is 5.60 Å². The van der Waals surface area contributed by atoms with Crippen LogP contribution in [0, 0.1) is 17.8 Å². The van der Waals surface area contributed by atoms with Gasteiger partial charge in [-0.15, -0.1) is 0 Å². The lowest BCUT2D eigenvalue weighted by Crippen LogP contribution is -2.42. The third kappa shape index (κ3) is 2.82. The maximum Gasteiger partial charge on any atom is 0.310 e. The van der Waals surface area contributed by atoms with Crippen LogP contribution in [0.4, 0.5) is 0 Å². The average Bonchev–Trinajstić information content (AvgIpc) is 2.47. The van der Waals surface area contributed by atoms with Gasteiger partial charge in [0.05, 0.1) is 5.92 Å². The van der Waals surface area contributed by atoms with Gasteiger partial charge in [-0.05, 0) is 65.3 Å². The van der Waals surface area contributed by atoms with Crippen LogP contribution in [0.3, 0.4) is 0 Å². The Bertz CT molecular complexity index is 281. The molecule has 2 fully saturated rings. The first-order valence-electron chi connectivity index (χ1n) is 6.81. The molecule has 0 spiro atoms. The van der Waals surface area contributed by atoms with Crippen molar-refractivity contribution in [2.24, 2.45) is 17.8 Å². The first-order valence-corrected chi connectivity index (χ1v) is 6.81. The molecule has 98 valence electrons. The molecule has 1 N–H and O–H groups in total. The predicted octanol–water partition coefficient (Wildman–Crippen LogP) is 2.35. The molecule has 2 unspecified atom stereocenters. The number of rotatable bonds is 2. The number of esters is 1. The van der Waals surface area contributed by atoms with Gasteiger partial charge in [0.15, 0.2) is 0 Å². The molecular formula is C14H25NO2. The molecule has 17 heavy (non-hydrogen) atoms. The van der Waals surface area contributed by atoms with Crippen LogP contribution in [0.5, 0.6) is 0 Å². The van der Waals surface area contributed by atoms with Gasteiger partial charge in [0.2, 0.25) is 0 Å². The summed E-state index contributed by atoms with van der Waals surface area (Å²) >= 11 is 0. The standard InChI is InChI=1S/C14H25NO2/c1-14(2,3)17-13(16)12-9-5-6-10(12)8-11(7-9)15-4/h9-12,15H,5-8H2,1-4H3. The lowest BCUT2D eigenvalue weighted by atomic mass is 9.76. The fourth-order valence-electron chi connectivity index (χ4n) is 3.52. The van der Waals surface area contributed by atoms with Crippen LogP contribution in [0.1, 0.15) is 46.5 Å². The van der Waals surface area contributed by atoms with Crippen molar-refractivity contribution in [3.8, 4) is 0 Å². The molecule has 3 nitrogen and oxygen atoms in total. The summed E-state index contributed by atoms with van der Waals surface area (Å²) in [6.45, 7) is 5.85. The quantitative estimate of drug-likeness (QED) is 0.752. The highest BCUT2D eigenvalue weighted by Crippen LogP contribution is 2.47. The highest BCUT2D eigenvalue weighted by molar-refractivity contribution is 5.74. The molecule has 0 amide bonds. The summed E-state index contributed by atoms with van der Waals surface area (Å²) in [5.41, 5.74) is -0.351. The lowest BCUT2D eigenvalue weighted by Gasteiger charge is -2.35. The highest BCUT2D eigenvalue weighted by atomic mass is 16.6. The minimum absolute atomic E-state index is 0.0413. The van der Waals surface area contributed by atoms with E-state index in [1.54, 1.807) is 0 Å². The molecule has 0 aromatic carbocycles. The van der Waals surface area contributed by atoms with E-state index < -0.39 is 0 Å². The highest BCUT2D eigenvalue weighted by Gasteiger charge is 2.47. The van der Waals surface area contributed by atoms with Crippen molar-refractivity contribution in [1.82, 2.24) is 5.32 Å². The monoisotopic (exact) mass is 239 g/mol. The Morgan fingerprint density at radius 3 is 2.12 bits per heavy atom. The Labute approximate surface area is 104 Å². The minimum atomic E-state index is -0.351. The number of ether oxygens (including phenoxy) is 1. The minimum Gasteiger partial charge on any atom is -0.460 e. The van der Waals surface area contributed by atoms with Crippen LogP contribution >= 0.6 is 0 Å². The molecular weight excluding hydrogens is 214 g/mol. The number of fused-ring (bicyclic) bond motifs is 2. The second kappa shape index (κ2) is 4.60. The van der Waals surface area contributed by atoms with Crippen molar-refractivity contribution < 1.29 is 9.53 Å². The molecule has 3 heteroatoms. The Kier molecular flexibility index (Phi) is 3.48. The summed E-state index contributed by atoms with van der Waals surface area (Å²) < 4.78 is 5.57. The first-order chi connectivity index (χ1) is 7.90. The van der Waals surface area contributed by atoms with E-state index in [1.807, 2.05) is 27.8 Å². The summed E-state index contributed by atoms with van der Waals surface area (Å²) in [4.78, 5) is 12.2. The zero-order chi connectivity index (χ0) is 12.6. The van der Waals surface area contributed by atoms with Crippen molar-refractivity contribution in [1.29, 1.82) is 0 Å². The normalized spacial score (nSPS) is 36.9. The molecule has 2 rings (SSSR count). The number of nitrogens with one attached hydrogen (secondary N) is 1. The fourth-order valence-corrected chi connectivity index (χ4v) is 3.52. The third-order valence-corrected chi connectivity index (χ3v) is 4.19. The molecule has 0 aliphatic heterocycles. The second-order valence-electron chi connectivity index (χ2n) is 6.61. The Balaban J connectivity index is 2.01. The number of hydrogen-bond donors (Lipinski definition) is 1. The van der Waals surface area contributed by atoms with Gasteiger partial charge >= 0.3 is 5.97 Å². The Morgan fingerprint density at radius 2 is 1.71 bits per heavy atom. The van der Waals surface area contributed by atoms with E-state index >= 15 is 0 Å². The van der Waals surface area contributed by atoms with Crippen molar-refractivity contribution in [2.75, 3.05) is 7.05 Å². The van der Waals surface area contributed by atoms with Gasteiger partial charge in [-0.2, -0.15) is 0 Å². The molecule has 2 atom stereocenters. The van der Waals surface area contributed by atoms with Gasteiger partial charge in [-0.1, -0.05) is 0 Å². The zero-order valence-electron chi connectivity index (χ0n) is 11.5. The molecule has 0 radical (unpaired) electrons. The van der Waals surface area contributed by atoms with E-state index in [9.17, 15) is 4.79 Å². The average molecular weight is 239 g/mol. The Morgan fingerprint density at radius 1 is 1.18 bits per heavy atom. The smallest absolute Gasteiger partial charge is 0.310 e. The van der Waals surface area contributed by atoms with E-state index in [1.165, 1.54) is 12.8 Å². The van der Waals surface area contributed by atoms with Gasteiger partial charge < -0.3 is 10.1 Å². The van der Waals surface area contributed by atoms with Gasteiger partial charge in [0.25, 0.3) is 0 Å². The summed E-state index contributed by atoms with van der Waals surface area (Å²) in [6, 6.07) is 0.603. The summed E-state index contributed by atoms with van der Waals surface area (Å²) in [7, 11) is 2.03. The molecule has 0 heterocycles. The molecule has 2 bridgehead atoms. The summed E-state index contributed by atoms with van der Waals surface area (Å²) in [5, 5.41) is 3.36. The SMILES string of the molecule is CNC1CC2CCC(C1)C2C(=O)OC(C)(C)C. The third-order valence-electron chi connectivity index (χ3n) is 4.19. The van der Waals surface area contributed by atoms with Crippen LogP contribution in [0.15, 0.2) is 0 Å². The van der Waals surface area contributed by atoms with Crippen molar-refractivity contribution in [3.05, 3.63) is 0 Å². The first kappa shape index (κ1) is 12.9. The second-order valence-corrected chi connectivity index (χ2v) is 6.61. The molecule has 2 saturated carbocycles. The molecule has 2 aliphatic carbocycles. The topological polar surface area (TPSA) is 38.3 Å². The van der Waals surface area contributed by atoms with E-state index in [0.717, 1.165) is 12.8 Å². The van der Waals surface area contributed by atoms with Gasteiger partial charge in [-0.3, -0.25) is 4.79 Å². The predicted molar refractivity (Wildman–Crippen MR) is 67.6 cm³/mol. The maximum absolute atomic E-state index is 12.2. The maximum atomic E-state index is 12.2. The summed E-state index contributed by atoms with van der Waals surface area (Å²) in [6.07, 6.45) is 4.67. The van der Waals surface area contributed by atoms with E-state index in [-0.39, 0.29) is 17.5 Å². The zero-order valence-corrected chi connectivity index (χ0v) is 11.5. The summed E-state index contributed by atoms with van der Waals surface area (Å²) in [5.74, 6) is 1.29. The van der Waals surface area contributed by atoms with Gasteiger partial charge in [0, 0.05) is 6.04 Å². The lowest BCUT2D eigenvalue weighted by molar-refractivity contribution is -0.164. The van der Waals surface area contributed by atoms with Crippen LogP contribution in [-0.2, 0) is 9.53 Å². The van der Waals surface area contributed by atoms with Crippen LogP contribution in [-0.4, -0.2) is 24.7 Å². The van der Waals surface area contributed by atoms with Crippen molar-refractivity contribution in [3.63, 3.8) is 0 Å². The fraction of sp³-hybridized carbons (Fsp3) is 0.929. The van der Waals surface area contributed by atoms with Crippen molar-refractivity contribution in [2.45, 2.75) is 58.1 Å². The largest absolute Gasteiger partial charge is 0.460 e. The number of carbonyl (C=O) groups excluding carboxylic acids is 1. The number of carbonyl (C=O) groups is 1. The van der Waals surface area contributed by atoms with Gasteiger partial charge in [-0.25, -0.2) is 0 Å². The van der Waals surface area contributed by atoms with Crippen LogP contribution in [0.25, 0.3) is 0 Å².